The largest absolute Gasteiger partial charge is 0.457 e. The van der Waals surface area contributed by atoms with Gasteiger partial charge in [-0.25, -0.2) is 8.78 Å². The lowest BCUT2D eigenvalue weighted by atomic mass is 9.96. The van der Waals surface area contributed by atoms with Crippen LogP contribution < -0.4 is 20.7 Å². The van der Waals surface area contributed by atoms with Gasteiger partial charge in [0, 0.05) is 74.7 Å². The lowest BCUT2D eigenvalue weighted by Gasteiger charge is -2.36. The molecule has 0 radical (unpaired) electrons. The summed E-state index contributed by atoms with van der Waals surface area (Å²) in [5, 5.41) is 12.2. The van der Waals surface area contributed by atoms with Crippen LogP contribution in [0.15, 0.2) is 48.5 Å². The van der Waals surface area contributed by atoms with Gasteiger partial charge in [0.25, 0.3) is 5.91 Å². The van der Waals surface area contributed by atoms with E-state index in [1.807, 2.05) is 6.07 Å². The molecule has 3 aromatic carbocycles. The molecule has 11 heteroatoms. The number of fused-ring (bicyclic) bond motifs is 1. The summed E-state index contributed by atoms with van der Waals surface area (Å²) in [4.78, 5) is 17.3. The van der Waals surface area contributed by atoms with Crippen molar-refractivity contribution in [1.29, 1.82) is 0 Å². The molecule has 9 nitrogen and oxygen atoms in total. The van der Waals surface area contributed by atoms with E-state index in [2.05, 4.69) is 27.3 Å². The zero-order chi connectivity index (χ0) is 28.5. The number of hydrogen-bond acceptors (Lipinski definition) is 7. The summed E-state index contributed by atoms with van der Waals surface area (Å²) in [7, 11) is 2.10. The lowest BCUT2D eigenvalue weighted by molar-refractivity contribution is 0.0904. The molecule has 0 aliphatic carbocycles. The minimum absolute atomic E-state index is 0.0441. The van der Waals surface area contributed by atoms with Gasteiger partial charge in [-0.3, -0.25) is 9.89 Å². The van der Waals surface area contributed by atoms with Crippen molar-refractivity contribution in [2.45, 2.75) is 18.9 Å². The Balaban J connectivity index is 1.50. The molecule has 0 spiro atoms. The van der Waals surface area contributed by atoms with E-state index in [1.165, 1.54) is 0 Å². The van der Waals surface area contributed by atoms with Gasteiger partial charge in [-0.1, -0.05) is 0 Å². The van der Waals surface area contributed by atoms with Gasteiger partial charge in [-0.05, 0) is 50.2 Å². The average molecular weight is 563 g/mol. The topological polar surface area (TPSA) is 109 Å². The maximum atomic E-state index is 13.8. The first-order chi connectivity index (χ1) is 19.9. The summed E-state index contributed by atoms with van der Waals surface area (Å²) in [6.07, 6.45) is 1.58. The minimum atomic E-state index is -0.728. The number of nitrogens with zero attached hydrogens (tertiary/aromatic N) is 3. The first-order valence-corrected chi connectivity index (χ1v) is 13.7. The van der Waals surface area contributed by atoms with E-state index >= 15 is 0 Å². The van der Waals surface area contributed by atoms with Gasteiger partial charge >= 0.3 is 0 Å². The Kier molecular flexibility index (Phi) is 7.46. The third kappa shape index (κ3) is 5.68. The highest BCUT2D eigenvalue weighted by atomic mass is 19.1. The molecule has 0 saturated carbocycles. The zero-order valence-corrected chi connectivity index (χ0v) is 22.8. The molecule has 2 saturated heterocycles. The van der Waals surface area contributed by atoms with Gasteiger partial charge in [0.2, 0.25) is 0 Å². The molecule has 214 valence electrons. The molecule has 0 unspecified atom stereocenters. The first kappa shape index (κ1) is 27.0. The van der Waals surface area contributed by atoms with Gasteiger partial charge in [0.05, 0.1) is 22.3 Å². The second kappa shape index (κ2) is 11.3. The van der Waals surface area contributed by atoms with Gasteiger partial charge in [0.15, 0.2) is 0 Å². The number of nitrogens with two attached hydrogens (primary N) is 1. The fourth-order valence-corrected chi connectivity index (χ4v) is 5.51. The number of carbonyl (C=O) groups excluding carboxylic acids is 1. The predicted octanol–water partition coefficient (Wildman–Crippen LogP) is 4.74. The highest BCUT2D eigenvalue weighted by Gasteiger charge is 2.28. The Bertz CT molecular complexity index is 1560. The maximum Gasteiger partial charge on any atom is 0.250 e. The number of H-pyrrole nitrogens is 1. The number of nitrogens with one attached hydrogen (secondary N) is 2. The van der Waals surface area contributed by atoms with Crippen LogP contribution in [0, 0.1) is 11.6 Å². The van der Waals surface area contributed by atoms with Gasteiger partial charge < -0.3 is 30.3 Å². The standard InChI is InChI=1S/C30H32F2N6O3/c1-37-8-10-38(11-9-37)26-5-3-23(30(33)39)28(34-20-6-12-40-13-7-20)27(26)29-24-17-21(2-4-25(24)35-36-29)41-22-15-18(31)14-19(32)16-22/h2-5,14-17,20,34H,6-13H2,1H3,(H2,33,39)(H,35,36). The number of benzene rings is 3. The number of likely N-dealkylation sites (N-methyl/N-ethyl adjacent to an activating group) is 1. The van der Waals surface area contributed by atoms with Crippen LogP contribution in [-0.4, -0.2) is 73.5 Å². The monoisotopic (exact) mass is 562 g/mol. The molecule has 2 aliphatic rings. The molecule has 0 bridgehead atoms. The molecule has 3 heterocycles. The Hall–Kier alpha value is -4.22. The van der Waals surface area contributed by atoms with Gasteiger partial charge in [0.1, 0.15) is 28.8 Å². The summed E-state index contributed by atoms with van der Waals surface area (Å²) >= 11 is 0. The van der Waals surface area contributed by atoms with E-state index in [4.69, 9.17) is 20.3 Å². The number of carbonyl (C=O) groups is 1. The van der Waals surface area contributed by atoms with Crippen molar-refractivity contribution in [3.8, 4) is 22.8 Å². The van der Waals surface area contributed by atoms with Crippen LogP contribution in [0.4, 0.5) is 20.2 Å². The summed E-state index contributed by atoms with van der Waals surface area (Å²) in [6.45, 7) is 4.65. The number of aromatic amines is 1. The number of anilines is 2. The number of halogens is 2. The van der Waals surface area contributed by atoms with Crippen molar-refractivity contribution < 1.29 is 23.0 Å². The third-order valence-corrected chi connectivity index (χ3v) is 7.71. The fourth-order valence-electron chi connectivity index (χ4n) is 5.51. The van der Waals surface area contributed by atoms with Crippen LogP contribution in [0.1, 0.15) is 23.2 Å². The van der Waals surface area contributed by atoms with E-state index in [0.29, 0.717) is 35.9 Å². The summed E-state index contributed by atoms with van der Waals surface area (Å²) in [6, 6.07) is 12.1. The summed E-state index contributed by atoms with van der Waals surface area (Å²) in [5.41, 5.74) is 9.96. The van der Waals surface area contributed by atoms with E-state index in [1.54, 1.807) is 24.3 Å². The van der Waals surface area contributed by atoms with E-state index < -0.39 is 17.5 Å². The Morgan fingerprint density at radius 2 is 1.76 bits per heavy atom. The van der Waals surface area contributed by atoms with Crippen LogP contribution in [0.5, 0.6) is 11.5 Å². The number of ether oxygens (including phenoxy) is 2. The quantitative estimate of drug-likeness (QED) is 0.299. The number of rotatable bonds is 7. The summed E-state index contributed by atoms with van der Waals surface area (Å²) in [5.74, 6) is -1.57. The van der Waals surface area contributed by atoms with Gasteiger partial charge in [-0.2, -0.15) is 5.10 Å². The number of piperazine rings is 1. The molecule has 2 aliphatic heterocycles. The van der Waals surface area contributed by atoms with Crippen LogP contribution in [-0.2, 0) is 4.74 Å². The molecule has 4 aromatic rings. The number of primary amides is 1. The minimum Gasteiger partial charge on any atom is -0.457 e. The van der Waals surface area contributed by atoms with Crippen molar-refractivity contribution >= 4 is 28.2 Å². The molecule has 2 fully saturated rings. The number of amides is 1. The average Bonchev–Trinajstić information content (AvgIpc) is 3.36. The van der Waals surface area contributed by atoms with E-state index in [9.17, 15) is 13.6 Å². The zero-order valence-electron chi connectivity index (χ0n) is 22.8. The molecule has 1 aromatic heterocycles. The summed E-state index contributed by atoms with van der Waals surface area (Å²) < 4.78 is 39.0. The predicted molar refractivity (Wildman–Crippen MR) is 154 cm³/mol. The first-order valence-electron chi connectivity index (χ1n) is 13.7. The lowest BCUT2D eigenvalue weighted by Crippen LogP contribution is -2.44. The number of hydrogen-bond donors (Lipinski definition) is 3. The van der Waals surface area contributed by atoms with E-state index in [-0.39, 0.29) is 11.8 Å². The van der Waals surface area contributed by atoms with Crippen molar-refractivity contribution in [2.75, 3.05) is 56.7 Å². The smallest absolute Gasteiger partial charge is 0.250 e. The van der Waals surface area contributed by atoms with Crippen LogP contribution in [0.25, 0.3) is 22.2 Å². The normalized spacial score (nSPS) is 16.7. The SMILES string of the molecule is CN1CCN(c2ccc(C(N)=O)c(NC3CCOCC3)c2-c2n[nH]c3ccc(Oc4cc(F)cc(F)c4)cc23)CC1. The van der Waals surface area contributed by atoms with Crippen LogP contribution >= 0.6 is 0 Å². The second-order valence-corrected chi connectivity index (χ2v) is 10.6. The van der Waals surface area contributed by atoms with Crippen molar-refractivity contribution in [2.24, 2.45) is 5.73 Å². The van der Waals surface area contributed by atoms with Crippen LogP contribution in [0.2, 0.25) is 0 Å². The second-order valence-electron chi connectivity index (χ2n) is 10.6. The Morgan fingerprint density at radius 3 is 2.46 bits per heavy atom. The molecule has 41 heavy (non-hydrogen) atoms. The molecular weight excluding hydrogens is 530 g/mol. The molecule has 6 rings (SSSR count). The molecular formula is C30H32F2N6O3. The maximum absolute atomic E-state index is 13.8. The highest BCUT2D eigenvalue weighted by molar-refractivity contribution is 6.08. The van der Waals surface area contributed by atoms with E-state index in [0.717, 1.165) is 79.4 Å². The molecule has 1 amide bonds. The van der Waals surface area contributed by atoms with Crippen molar-refractivity contribution in [3.05, 3.63) is 65.7 Å². The molecule has 4 N–H and O–H groups in total. The number of aromatic nitrogens is 2. The highest BCUT2D eigenvalue weighted by Crippen LogP contribution is 2.43. The fraction of sp³-hybridized carbons (Fsp3) is 0.333. The van der Waals surface area contributed by atoms with Gasteiger partial charge in [-0.15, -0.1) is 0 Å². The van der Waals surface area contributed by atoms with Crippen molar-refractivity contribution in [1.82, 2.24) is 15.1 Å². The Morgan fingerprint density at radius 1 is 1.02 bits per heavy atom. The van der Waals surface area contributed by atoms with Crippen molar-refractivity contribution in [3.63, 3.8) is 0 Å². The van der Waals surface area contributed by atoms with Crippen LogP contribution in [0.3, 0.4) is 0 Å². The molecule has 0 atom stereocenters. The third-order valence-electron chi connectivity index (χ3n) is 7.71. The Labute approximate surface area is 236 Å².